The Morgan fingerprint density at radius 3 is 2.25 bits per heavy atom. The molecule has 0 radical (unpaired) electrons. The van der Waals surface area contributed by atoms with Crippen LogP contribution in [-0.2, 0) is 10.1 Å². The molecule has 0 heterocycles. The van der Waals surface area contributed by atoms with Gasteiger partial charge in [-0.25, -0.2) is 0 Å². The van der Waals surface area contributed by atoms with Gasteiger partial charge in [-0.3, -0.25) is 4.55 Å². The van der Waals surface area contributed by atoms with Crippen LogP contribution in [0.1, 0.15) is 19.3 Å². The quantitative estimate of drug-likeness (QED) is 0.593. The Hall–Kier alpha value is 0.870. The van der Waals surface area contributed by atoms with Crippen LogP contribution in [0.4, 0.5) is 0 Å². The van der Waals surface area contributed by atoms with Gasteiger partial charge < -0.3 is 0 Å². The lowest BCUT2D eigenvalue weighted by molar-refractivity contribution is 0.437. The molecule has 1 saturated carbocycles. The minimum absolute atomic E-state index is 0.134. The molecule has 1 N–H and O–H groups in total. The van der Waals surface area contributed by atoms with E-state index in [0.29, 0.717) is 11.2 Å². The topological polar surface area (TPSA) is 54.4 Å². The normalized spacial score (nSPS) is 38.1. The molecule has 1 aliphatic carbocycles. The lowest BCUT2D eigenvalue weighted by Gasteiger charge is -2.27. The molecule has 0 spiro atoms. The summed E-state index contributed by atoms with van der Waals surface area (Å²) in [5.74, 6) is 0. The second-order valence-electron chi connectivity index (χ2n) is 2.98. The van der Waals surface area contributed by atoms with Crippen LogP contribution >= 0.6 is 31.9 Å². The van der Waals surface area contributed by atoms with Crippen molar-refractivity contribution in [1.29, 1.82) is 0 Å². The van der Waals surface area contributed by atoms with Crippen LogP contribution in [0.15, 0.2) is 0 Å². The summed E-state index contributed by atoms with van der Waals surface area (Å²) in [4.78, 5) is 0.227. The molecule has 1 fully saturated rings. The highest BCUT2D eigenvalue weighted by Crippen LogP contribution is 2.32. The summed E-state index contributed by atoms with van der Waals surface area (Å²) in [5, 5.41) is -0.633. The highest BCUT2D eigenvalue weighted by molar-refractivity contribution is 9.10. The molecule has 3 unspecified atom stereocenters. The maximum absolute atomic E-state index is 10.8. The first-order valence-corrected chi connectivity index (χ1v) is 6.99. The Balaban J connectivity index is 2.69. The van der Waals surface area contributed by atoms with Crippen molar-refractivity contribution in [2.24, 2.45) is 0 Å². The van der Waals surface area contributed by atoms with Crippen molar-refractivity contribution in [3.63, 3.8) is 0 Å². The zero-order chi connectivity index (χ0) is 9.35. The van der Waals surface area contributed by atoms with Crippen molar-refractivity contribution in [1.82, 2.24) is 0 Å². The Bertz CT molecular complexity index is 252. The van der Waals surface area contributed by atoms with Crippen molar-refractivity contribution >= 4 is 42.0 Å². The Morgan fingerprint density at radius 1 is 1.25 bits per heavy atom. The van der Waals surface area contributed by atoms with Crippen LogP contribution in [-0.4, -0.2) is 27.9 Å². The Kier molecular flexibility index (Phi) is 3.59. The third-order valence-corrected chi connectivity index (χ3v) is 5.55. The van der Waals surface area contributed by atoms with Crippen LogP contribution in [0.3, 0.4) is 0 Å². The third-order valence-electron chi connectivity index (χ3n) is 2.03. The summed E-state index contributed by atoms with van der Waals surface area (Å²) >= 11 is 6.68. The first-order chi connectivity index (χ1) is 5.41. The second kappa shape index (κ2) is 3.94. The van der Waals surface area contributed by atoms with E-state index in [2.05, 4.69) is 31.9 Å². The van der Waals surface area contributed by atoms with Gasteiger partial charge in [-0.1, -0.05) is 31.9 Å². The molecule has 0 saturated heterocycles. The van der Waals surface area contributed by atoms with Crippen molar-refractivity contribution in [2.75, 3.05) is 0 Å². The molecule has 0 aromatic carbocycles. The molecule has 0 aliphatic heterocycles. The smallest absolute Gasteiger partial charge is 0.268 e. The van der Waals surface area contributed by atoms with E-state index in [1.54, 1.807) is 0 Å². The summed E-state index contributed by atoms with van der Waals surface area (Å²) in [6.45, 7) is 0. The fourth-order valence-corrected chi connectivity index (χ4v) is 5.00. The number of hydrogen-bond donors (Lipinski definition) is 1. The zero-order valence-electron chi connectivity index (χ0n) is 6.28. The van der Waals surface area contributed by atoms with E-state index in [-0.39, 0.29) is 4.83 Å². The Morgan fingerprint density at radius 2 is 1.83 bits per heavy atom. The molecule has 0 aromatic heterocycles. The fraction of sp³-hybridized carbons (Fsp3) is 1.00. The number of hydrogen-bond acceptors (Lipinski definition) is 2. The van der Waals surface area contributed by atoms with Gasteiger partial charge in [0.15, 0.2) is 0 Å². The fourth-order valence-electron chi connectivity index (χ4n) is 1.38. The van der Waals surface area contributed by atoms with Crippen molar-refractivity contribution in [3.8, 4) is 0 Å². The van der Waals surface area contributed by atoms with Crippen molar-refractivity contribution in [2.45, 2.75) is 34.2 Å². The average molecular weight is 322 g/mol. The lowest BCUT2D eigenvalue weighted by Crippen LogP contribution is -2.36. The molecule has 3 atom stereocenters. The number of halogens is 2. The average Bonchev–Trinajstić information content (AvgIpc) is 1.83. The standard InChI is InChI=1S/C6H10Br2O3S/c7-4-1-2-6(5(8)3-4)12(9,10)11/h4-6H,1-3H2,(H,9,10,11). The van der Waals surface area contributed by atoms with Gasteiger partial charge in [0.2, 0.25) is 0 Å². The summed E-state index contributed by atoms with van der Waals surface area (Å²) in [6.07, 6.45) is 2.06. The highest BCUT2D eigenvalue weighted by atomic mass is 79.9. The molecule has 72 valence electrons. The van der Waals surface area contributed by atoms with Gasteiger partial charge in [-0.2, -0.15) is 8.42 Å². The minimum Gasteiger partial charge on any atom is -0.285 e. The molecule has 0 aromatic rings. The first kappa shape index (κ1) is 10.9. The Labute approximate surface area is 88.9 Å². The predicted octanol–water partition coefficient (Wildman–Crippen LogP) is 1.95. The third kappa shape index (κ3) is 2.68. The molecule has 1 rings (SSSR count). The SMILES string of the molecule is O=S(=O)(O)C1CCC(Br)CC1Br. The van der Waals surface area contributed by atoms with Crippen LogP contribution in [0.5, 0.6) is 0 Å². The zero-order valence-corrected chi connectivity index (χ0v) is 10.3. The molecule has 1 aliphatic rings. The van der Waals surface area contributed by atoms with Gasteiger partial charge >= 0.3 is 0 Å². The summed E-state index contributed by atoms with van der Waals surface area (Å²) in [6, 6.07) is 0. The molecular weight excluding hydrogens is 312 g/mol. The maximum atomic E-state index is 10.8. The van der Waals surface area contributed by atoms with E-state index >= 15 is 0 Å². The van der Waals surface area contributed by atoms with Gasteiger partial charge in [0.25, 0.3) is 10.1 Å². The number of rotatable bonds is 1. The summed E-state index contributed by atoms with van der Waals surface area (Å²) in [7, 11) is -3.87. The maximum Gasteiger partial charge on any atom is 0.268 e. The number of alkyl halides is 2. The van der Waals surface area contributed by atoms with E-state index in [4.69, 9.17) is 4.55 Å². The van der Waals surface area contributed by atoms with Crippen LogP contribution in [0.25, 0.3) is 0 Å². The van der Waals surface area contributed by atoms with Crippen molar-refractivity contribution < 1.29 is 13.0 Å². The van der Waals surface area contributed by atoms with Gasteiger partial charge in [-0.05, 0) is 19.3 Å². The van der Waals surface area contributed by atoms with Gasteiger partial charge in [0.05, 0.1) is 5.25 Å². The van der Waals surface area contributed by atoms with E-state index in [1.807, 2.05) is 0 Å². The monoisotopic (exact) mass is 320 g/mol. The molecule has 3 nitrogen and oxygen atoms in total. The van der Waals surface area contributed by atoms with Crippen LogP contribution < -0.4 is 0 Å². The molecular formula is C6H10Br2O3S. The van der Waals surface area contributed by atoms with E-state index < -0.39 is 15.4 Å². The van der Waals surface area contributed by atoms with Gasteiger partial charge in [0, 0.05) is 9.65 Å². The molecule has 0 bridgehead atoms. The molecule has 12 heavy (non-hydrogen) atoms. The second-order valence-corrected chi connectivity index (χ2v) is 7.09. The summed E-state index contributed by atoms with van der Waals surface area (Å²) < 4.78 is 30.5. The van der Waals surface area contributed by atoms with E-state index in [0.717, 1.165) is 12.8 Å². The lowest BCUT2D eigenvalue weighted by atomic mass is 10.00. The highest BCUT2D eigenvalue weighted by Gasteiger charge is 2.35. The minimum atomic E-state index is -3.87. The largest absolute Gasteiger partial charge is 0.285 e. The van der Waals surface area contributed by atoms with E-state index in [9.17, 15) is 8.42 Å². The first-order valence-electron chi connectivity index (χ1n) is 3.65. The van der Waals surface area contributed by atoms with Crippen LogP contribution in [0.2, 0.25) is 0 Å². The van der Waals surface area contributed by atoms with Crippen molar-refractivity contribution in [3.05, 3.63) is 0 Å². The predicted molar refractivity (Wildman–Crippen MR) is 54.6 cm³/mol. The van der Waals surface area contributed by atoms with Gasteiger partial charge in [0.1, 0.15) is 0 Å². The summed E-state index contributed by atoms with van der Waals surface area (Å²) in [5.41, 5.74) is 0. The van der Waals surface area contributed by atoms with E-state index in [1.165, 1.54) is 0 Å². The van der Waals surface area contributed by atoms with Crippen LogP contribution in [0, 0.1) is 0 Å². The van der Waals surface area contributed by atoms with Gasteiger partial charge in [-0.15, -0.1) is 0 Å². The molecule has 6 heteroatoms. The molecule has 0 amide bonds.